The minimum absolute atomic E-state index is 0.0159. The summed E-state index contributed by atoms with van der Waals surface area (Å²) in [5.41, 5.74) is 0.448. The summed E-state index contributed by atoms with van der Waals surface area (Å²) < 4.78 is 40.1. The number of carbonyl (C=O) groups excluding carboxylic acids is 1. The van der Waals surface area contributed by atoms with E-state index in [1.54, 1.807) is 19.1 Å². The average molecular weight is 408 g/mol. The van der Waals surface area contributed by atoms with Gasteiger partial charge in [0.25, 0.3) is 5.69 Å². The van der Waals surface area contributed by atoms with Gasteiger partial charge < -0.3 is 10.2 Å². The van der Waals surface area contributed by atoms with Crippen molar-refractivity contribution in [3.05, 3.63) is 64.0 Å². The highest BCUT2D eigenvalue weighted by Crippen LogP contribution is 2.22. The lowest BCUT2D eigenvalue weighted by Gasteiger charge is -2.38. The lowest BCUT2D eigenvalue weighted by molar-refractivity contribution is -0.384. The molecule has 0 radical (unpaired) electrons. The second-order valence-electron chi connectivity index (χ2n) is 6.68. The third kappa shape index (κ3) is 4.48. The van der Waals surface area contributed by atoms with Gasteiger partial charge in [-0.25, -0.2) is 13.2 Å². The minimum Gasteiger partial charge on any atom is -0.369 e. The molecule has 1 N–H and O–H groups in total. The van der Waals surface area contributed by atoms with Gasteiger partial charge in [-0.3, -0.25) is 19.8 Å². The molecule has 1 aliphatic heterocycles. The number of anilines is 2. The highest BCUT2D eigenvalue weighted by atomic mass is 19.2. The number of rotatable bonds is 5. The van der Waals surface area contributed by atoms with E-state index in [1.165, 1.54) is 12.1 Å². The molecule has 10 heteroatoms. The van der Waals surface area contributed by atoms with Crippen LogP contribution in [0.1, 0.15) is 6.92 Å². The van der Waals surface area contributed by atoms with Crippen LogP contribution in [0.25, 0.3) is 0 Å². The molecule has 154 valence electrons. The van der Waals surface area contributed by atoms with E-state index in [4.69, 9.17) is 0 Å². The molecule has 7 nitrogen and oxygen atoms in total. The SMILES string of the molecule is C[C@@H](C(=O)Nc1ccc(F)c(F)c1F)N1CCN(c2ccc([N+](=O)[O-])cc2)CC1. The molecule has 1 heterocycles. The molecule has 1 atom stereocenters. The maximum absolute atomic E-state index is 13.8. The summed E-state index contributed by atoms with van der Waals surface area (Å²) in [6.07, 6.45) is 0. The van der Waals surface area contributed by atoms with Crippen molar-refractivity contribution in [2.45, 2.75) is 13.0 Å². The van der Waals surface area contributed by atoms with Crippen molar-refractivity contribution in [1.82, 2.24) is 4.90 Å². The van der Waals surface area contributed by atoms with E-state index < -0.39 is 40.0 Å². The van der Waals surface area contributed by atoms with Gasteiger partial charge in [-0.05, 0) is 31.2 Å². The van der Waals surface area contributed by atoms with Crippen molar-refractivity contribution in [3.8, 4) is 0 Å². The number of non-ortho nitro benzene ring substituents is 1. The Hall–Kier alpha value is -3.14. The molecule has 0 saturated carbocycles. The summed E-state index contributed by atoms with van der Waals surface area (Å²) in [6.45, 7) is 3.90. The van der Waals surface area contributed by atoms with E-state index in [9.17, 15) is 28.1 Å². The molecule has 0 aliphatic carbocycles. The van der Waals surface area contributed by atoms with Crippen LogP contribution < -0.4 is 10.2 Å². The van der Waals surface area contributed by atoms with Gasteiger partial charge in [-0.1, -0.05) is 0 Å². The fourth-order valence-corrected chi connectivity index (χ4v) is 3.18. The Kier molecular flexibility index (Phi) is 6.02. The third-order valence-corrected chi connectivity index (χ3v) is 4.96. The molecule has 2 aromatic carbocycles. The molecule has 0 spiro atoms. The molecule has 1 amide bonds. The summed E-state index contributed by atoms with van der Waals surface area (Å²) in [7, 11) is 0. The zero-order valence-electron chi connectivity index (χ0n) is 15.6. The van der Waals surface area contributed by atoms with Crippen molar-refractivity contribution in [2.75, 3.05) is 36.4 Å². The predicted octanol–water partition coefficient (Wildman–Crippen LogP) is 3.16. The van der Waals surface area contributed by atoms with E-state index in [0.29, 0.717) is 26.2 Å². The number of nitro benzene ring substituents is 1. The topological polar surface area (TPSA) is 78.7 Å². The number of nitrogens with zero attached hydrogens (tertiary/aromatic N) is 3. The number of nitro groups is 1. The summed E-state index contributed by atoms with van der Waals surface area (Å²) in [6, 6.07) is 7.35. The molecule has 0 aromatic heterocycles. The Bertz CT molecular complexity index is 916. The van der Waals surface area contributed by atoms with Gasteiger partial charge >= 0.3 is 0 Å². The van der Waals surface area contributed by atoms with Crippen LogP contribution in [0.3, 0.4) is 0 Å². The van der Waals surface area contributed by atoms with Crippen LogP contribution in [-0.4, -0.2) is 48.0 Å². The van der Waals surface area contributed by atoms with Crippen LogP contribution in [-0.2, 0) is 4.79 Å². The van der Waals surface area contributed by atoms with E-state index in [0.717, 1.165) is 17.8 Å². The monoisotopic (exact) mass is 408 g/mol. The number of halogens is 3. The number of nitrogens with one attached hydrogen (secondary N) is 1. The zero-order chi connectivity index (χ0) is 21.1. The van der Waals surface area contributed by atoms with Gasteiger partial charge in [-0.2, -0.15) is 0 Å². The van der Waals surface area contributed by atoms with Crippen LogP contribution in [0.4, 0.5) is 30.2 Å². The summed E-state index contributed by atoms with van der Waals surface area (Å²) >= 11 is 0. The Balaban J connectivity index is 1.58. The number of hydrogen-bond donors (Lipinski definition) is 1. The minimum atomic E-state index is -1.63. The predicted molar refractivity (Wildman–Crippen MR) is 101 cm³/mol. The first-order valence-electron chi connectivity index (χ1n) is 8.95. The molecule has 1 fully saturated rings. The molecule has 1 saturated heterocycles. The van der Waals surface area contributed by atoms with Gasteiger partial charge in [0.1, 0.15) is 0 Å². The van der Waals surface area contributed by atoms with E-state index in [2.05, 4.69) is 5.32 Å². The van der Waals surface area contributed by atoms with E-state index >= 15 is 0 Å². The fourth-order valence-electron chi connectivity index (χ4n) is 3.18. The highest BCUT2D eigenvalue weighted by Gasteiger charge is 2.27. The summed E-state index contributed by atoms with van der Waals surface area (Å²) in [5, 5.41) is 13.0. The quantitative estimate of drug-likeness (QED) is 0.467. The first-order valence-corrected chi connectivity index (χ1v) is 8.95. The largest absolute Gasteiger partial charge is 0.369 e. The molecule has 3 rings (SSSR count). The molecule has 0 bridgehead atoms. The van der Waals surface area contributed by atoms with Crippen molar-refractivity contribution >= 4 is 23.0 Å². The van der Waals surface area contributed by atoms with Crippen LogP contribution in [0, 0.1) is 27.6 Å². The van der Waals surface area contributed by atoms with Crippen molar-refractivity contribution in [3.63, 3.8) is 0 Å². The Labute approximate surface area is 164 Å². The first-order chi connectivity index (χ1) is 13.8. The number of carbonyl (C=O) groups is 1. The maximum atomic E-state index is 13.8. The molecule has 2 aromatic rings. The van der Waals surface area contributed by atoms with Crippen LogP contribution in [0.2, 0.25) is 0 Å². The van der Waals surface area contributed by atoms with Crippen LogP contribution in [0.5, 0.6) is 0 Å². The lowest BCUT2D eigenvalue weighted by atomic mass is 10.2. The summed E-state index contributed by atoms with van der Waals surface area (Å²) in [4.78, 5) is 26.6. The van der Waals surface area contributed by atoms with Crippen molar-refractivity contribution < 1.29 is 22.9 Å². The van der Waals surface area contributed by atoms with Crippen LogP contribution in [0.15, 0.2) is 36.4 Å². The number of amides is 1. The fraction of sp³-hybridized carbons (Fsp3) is 0.316. The smallest absolute Gasteiger partial charge is 0.269 e. The van der Waals surface area contributed by atoms with E-state index in [-0.39, 0.29) is 5.69 Å². The van der Waals surface area contributed by atoms with E-state index in [1.807, 2.05) is 9.80 Å². The average Bonchev–Trinajstić information content (AvgIpc) is 2.73. The van der Waals surface area contributed by atoms with Gasteiger partial charge in [0.05, 0.1) is 16.7 Å². The van der Waals surface area contributed by atoms with Gasteiger partial charge in [0.15, 0.2) is 17.5 Å². The van der Waals surface area contributed by atoms with Crippen molar-refractivity contribution in [1.29, 1.82) is 0 Å². The zero-order valence-corrected chi connectivity index (χ0v) is 15.6. The lowest BCUT2D eigenvalue weighted by Crippen LogP contribution is -2.52. The van der Waals surface area contributed by atoms with Crippen molar-refractivity contribution in [2.24, 2.45) is 0 Å². The highest BCUT2D eigenvalue weighted by molar-refractivity contribution is 5.94. The second kappa shape index (κ2) is 8.48. The Morgan fingerprint density at radius 3 is 2.24 bits per heavy atom. The maximum Gasteiger partial charge on any atom is 0.269 e. The van der Waals surface area contributed by atoms with Gasteiger partial charge in [-0.15, -0.1) is 0 Å². The normalized spacial score (nSPS) is 15.8. The molecule has 1 aliphatic rings. The molecule has 0 unspecified atom stereocenters. The van der Waals surface area contributed by atoms with Gasteiger partial charge in [0, 0.05) is 44.0 Å². The van der Waals surface area contributed by atoms with Crippen LogP contribution >= 0.6 is 0 Å². The standard InChI is InChI=1S/C19H19F3N4O3/c1-12(19(27)23-16-7-6-15(20)17(21)18(16)22)24-8-10-25(11-9-24)13-2-4-14(5-3-13)26(28)29/h2-7,12H,8-11H2,1H3,(H,23,27)/t12-/m0/s1. The second-order valence-corrected chi connectivity index (χ2v) is 6.68. The number of benzene rings is 2. The Morgan fingerprint density at radius 2 is 1.66 bits per heavy atom. The third-order valence-electron chi connectivity index (χ3n) is 4.96. The Morgan fingerprint density at radius 1 is 1.03 bits per heavy atom. The molecular formula is C19H19F3N4O3. The number of piperazine rings is 1. The first kappa shape index (κ1) is 20.6. The summed E-state index contributed by atoms with van der Waals surface area (Å²) in [5.74, 6) is -4.92. The number of hydrogen-bond acceptors (Lipinski definition) is 5. The van der Waals surface area contributed by atoms with Gasteiger partial charge in [0.2, 0.25) is 5.91 Å². The molecule has 29 heavy (non-hydrogen) atoms. The molecular weight excluding hydrogens is 389 g/mol.